The molecule has 0 bridgehead atoms. The summed E-state index contributed by atoms with van der Waals surface area (Å²) in [5, 5.41) is 2.93. The summed E-state index contributed by atoms with van der Waals surface area (Å²) in [6.07, 6.45) is 1.76. The summed E-state index contributed by atoms with van der Waals surface area (Å²) in [6, 6.07) is 15.1. The highest BCUT2D eigenvalue weighted by Crippen LogP contribution is 2.28. The van der Waals surface area contributed by atoms with Crippen LogP contribution >= 0.6 is 0 Å². The van der Waals surface area contributed by atoms with Gasteiger partial charge in [0.25, 0.3) is 5.91 Å². The molecule has 0 aliphatic heterocycles. The van der Waals surface area contributed by atoms with Gasteiger partial charge in [-0.25, -0.2) is 0 Å². The van der Waals surface area contributed by atoms with E-state index in [0.717, 1.165) is 12.8 Å². The minimum absolute atomic E-state index is 0.0493. The fraction of sp³-hybridized carbons (Fsp3) is 0.333. The molecule has 0 spiro atoms. The number of carbonyl (C=O) groups is 2. The Labute approximate surface area is 154 Å². The van der Waals surface area contributed by atoms with E-state index in [0.29, 0.717) is 17.1 Å². The van der Waals surface area contributed by atoms with E-state index in [1.807, 2.05) is 25.1 Å². The zero-order valence-electron chi connectivity index (χ0n) is 15.5. The summed E-state index contributed by atoms with van der Waals surface area (Å²) in [5.41, 5.74) is 1.79. The number of carbonyl (C=O) groups excluding carboxylic acids is 2. The summed E-state index contributed by atoms with van der Waals surface area (Å²) in [4.78, 5) is 23.5. The lowest BCUT2D eigenvalue weighted by Gasteiger charge is -2.15. The van der Waals surface area contributed by atoms with E-state index in [1.165, 1.54) is 19.6 Å². The molecule has 1 amide bonds. The van der Waals surface area contributed by atoms with Gasteiger partial charge in [0.2, 0.25) is 0 Å². The van der Waals surface area contributed by atoms with Crippen LogP contribution < -0.4 is 14.8 Å². The second-order valence-corrected chi connectivity index (χ2v) is 6.20. The topological polar surface area (TPSA) is 64.6 Å². The predicted molar refractivity (Wildman–Crippen MR) is 101 cm³/mol. The van der Waals surface area contributed by atoms with Crippen molar-refractivity contribution in [2.24, 2.45) is 0 Å². The van der Waals surface area contributed by atoms with Gasteiger partial charge in [0, 0.05) is 11.6 Å². The Kier molecular flexibility index (Phi) is 7.21. The Morgan fingerprint density at radius 2 is 1.81 bits per heavy atom. The summed E-state index contributed by atoms with van der Waals surface area (Å²) < 4.78 is 10.8. The zero-order valence-corrected chi connectivity index (χ0v) is 15.5. The maximum atomic E-state index is 12.1. The van der Waals surface area contributed by atoms with Crippen LogP contribution in [0.2, 0.25) is 0 Å². The third kappa shape index (κ3) is 5.92. The number of nitrogens with one attached hydrogen (secondary N) is 1. The van der Waals surface area contributed by atoms with E-state index < -0.39 is 0 Å². The normalized spacial score (nSPS) is 11.5. The first-order chi connectivity index (χ1) is 12.5. The lowest BCUT2D eigenvalue weighted by molar-refractivity contribution is -0.123. The number of benzene rings is 2. The molecule has 0 fully saturated rings. The molecule has 0 radical (unpaired) electrons. The molecular formula is C21H25NO4. The van der Waals surface area contributed by atoms with Crippen LogP contribution in [-0.2, 0) is 11.2 Å². The zero-order chi connectivity index (χ0) is 18.9. The first-order valence-corrected chi connectivity index (χ1v) is 8.64. The van der Waals surface area contributed by atoms with Gasteiger partial charge < -0.3 is 14.8 Å². The smallest absolute Gasteiger partial charge is 0.258 e. The Bertz CT molecular complexity index is 743. The quantitative estimate of drug-likeness (QED) is 0.700. The summed E-state index contributed by atoms with van der Waals surface area (Å²) in [6.45, 7) is 3.36. The predicted octanol–water partition coefficient (Wildman–Crippen LogP) is 3.41. The van der Waals surface area contributed by atoms with Crippen molar-refractivity contribution in [2.45, 2.75) is 32.7 Å². The van der Waals surface area contributed by atoms with Gasteiger partial charge in [-0.3, -0.25) is 9.59 Å². The first-order valence-electron chi connectivity index (χ1n) is 8.64. The number of ketones is 1. The van der Waals surface area contributed by atoms with Crippen LogP contribution in [0.15, 0.2) is 48.5 Å². The fourth-order valence-electron chi connectivity index (χ4n) is 2.57. The van der Waals surface area contributed by atoms with Gasteiger partial charge in [0.1, 0.15) is 0 Å². The van der Waals surface area contributed by atoms with E-state index in [9.17, 15) is 9.59 Å². The average Bonchev–Trinajstić information content (AvgIpc) is 2.65. The molecule has 0 saturated heterocycles. The molecule has 1 unspecified atom stereocenters. The van der Waals surface area contributed by atoms with E-state index in [4.69, 9.17) is 9.47 Å². The van der Waals surface area contributed by atoms with Gasteiger partial charge in [-0.1, -0.05) is 30.3 Å². The molecule has 26 heavy (non-hydrogen) atoms. The monoisotopic (exact) mass is 355 g/mol. The third-order valence-electron chi connectivity index (χ3n) is 4.05. The van der Waals surface area contributed by atoms with Crippen molar-refractivity contribution in [1.82, 2.24) is 5.32 Å². The number of Topliss-reactive ketones (excluding diaryl/α,β-unsaturated/α-hetero) is 1. The molecule has 138 valence electrons. The molecule has 5 heteroatoms. The lowest BCUT2D eigenvalue weighted by Crippen LogP contribution is -2.36. The number of hydrogen-bond donors (Lipinski definition) is 1. The largest absolute Gasteiger partial charge is 0.493 e. The maximum absolute atomic E-state index is 12.1. The third-order valence-corrected chi connectivity index (χ3v) is 4.05. The van der Waals surface area contributed by atoms with Crippen molar-refractivity contribution in [3.05, 3.63) is 59.7 Å². The van der Waals surface area contributed by atoms with Crippen molar-refractivity contribution < 1.29 is 19.1 Å². The molecule has 0 saturated carbocycles. The van der Waals surface area contributed by atoms with E-state index >= 15 is 0 Å². The first kappa shape index (κ1) is 19.5. The average molecular weight is 355 g/mol. The van der Waals surface area contributed by atoms with Crippen molar-refractivity contribution in [3.63, 3.8) is 0 Å². The van der Waals surface area contributed by atoms with Gasteiger partial charge in [-0.2, -0.15) is 0 Å². The maximum Gasteiger partial charge on any atom is 0.258 e. The molecule has 0 aliphatic rings. The molecule has 0 aromatic heterocycles. The molecule has 0 aliphatic carbocycles. The fourth-order valence-corrected chi connectivity index (χ4v) is 2.57. The molecule has 1 N–H and O–H groups in total. The molecule has 2 aromatic carbocycles. The van der Waals surface area contributed by atoms with Gasteiger partial charge in [-0.05, 0) is 50.5 Å². The SMILES string of the molecule is COc1cc(C(C)=O)ccc1OCC(=O)NC(C)CCc1ccccc1. The van der Waals surface area contributed by atoms with Crippen molar-refractivity contribution in [2.75, 3.05) is 13.7 Å². The molecule has 2 rings (SSSR count). The number of rotatable bonds is 9. The standard InChI is InChI=1S/C21H25NO4/c1-15(9-10-17-7-5-4-6-8-17)22-21(24)14-26-19-12-11-18(16(2)23)13-20(19)25-3/h4-8,11-13,15H,9-10,14H2,1-3H3,(H,22,24). The van der Waals surface area contributed by atoms with Crippen LogP contribution in [0.3, 0.4) is 0 Å². The van der Waals surface area contributed by atoms with Gasteiger partial charge in [-0.15, -0.1) is 0 Å². The van der Waals surface area contributed by atoms with Gasteiger partial charge in [0.05, 0.1) is 7.11 Å². The van der Waals surface area contributed by atoms with E-state index in [2.05, 4.69) is 17.4 Å². The van der Waals surface area contributed by atoms with E-state index in [1.54, 1.807) is 18.2 Å². The number of methoxy groups -OCH3 is 1. The summed E-state index contributed by atoms with van der Waals surface area (Å²) in [7, 11) is 1.50. The van der Waals surface area contributed by atoms with Crippen molar-refractivity contribution in [1.29, 1.82) is 0 Å². The van der Waals surface area contributed by atoms with Crippen molar-refractivity contribution in [3.8, 4) is 11.5 Å². The number of hydrogen-bond acceptors (Lipinski definition) is 4. The number of amides is 1. The molecule has 1 atom stereocenters. The number of aryl methyl sites for hydroxylation is 1. The highest BCUT2D eigenvalue weighted by molar-refractivity contribution is 5.94. The second-order valence-electron chi connectivity index (χ2n) is 6.20. The van der Waals surface area contributed by atoms with Crippen LogP contribution in [0.1, 0.15) is 36.2 Å². The van der Waals surface area contributed by atoms with Crippen molar-refractivity contribution >= 4 is 11.7 Å². The van der Waals surface area contributed by atoms with Gasteiger partial charge in [0.15, 0.2) is 23.9 Å². The summed E-state index contributed by atoms with van der Waals surface area (Å²) >= 11 is 0. The van der Waals surface area contributed by atoms with Crippen LogP contribution in [-0.4, -0.2) is 31.4 Å². The molecule has 0 heterocycles. The van der Waals surface area contributed by atoms with Crippen LogP contribution in [0.25, 0.3) is 0 Å². The molecule has 5 nitrogen and oxygen atoms in total. The van der Waals surface area contributed by atoms with Crippen LogP contribution in [0.5, 0.6) is 11.5 Å². The van der Waals surface area contributed by atoms with Gasteiger partial charge >= 0.3 is 0 Å². The summed E-state index contributed by atoms with van der Waals surface area (Å²) in [5.74, 6) is 0.621. The Morgan fingerprint density at radius 3 is 2.46 bits per heavy atom. The number of ether oxygens (including phenoxy) is 2. The Balaban J connectivity index is 1.81. The molecule has 2 aromatic rings. The minimum Gasteiger partial charge on any atom is -0.493 e. The highest BCUT2D eigenvalue weighted by Gasteiger charge is 2.12. The van der Waals surface area contributed by atoms with E-state index in [-0.39, 0.29) is 24.3 Å². The highest BCUT2D eigenvalue weighted by atomic mass is 16.5. The lowest BCUT2D eigenvalue weighted by atomic mass is 10.1. The van der Waals surface area contributed by atoms with Crippen LogP contribution in [0, 0.1) is 0 Å². The Hall–Kier alpha value is -2.82. The van der Waals surface area contributed by atoms with Crippen LogP contribution in [0.4, 0.5) is 0 Å². The second kappa shape index (κ2) is 9.61. The molecular weight excluding hydrogens is 330 g/mol. The minimum atomic E-state index is -0.191. The Morgan fingerprint density at radius 1 is 1.08 bits per heavy atom.